The van der Waals surface area contributed by atoms with Crippen molar-refractivity contribution in [2.24, 2.45) is 11.5 Å². The Balaban J connectivity index is 0.000000220. The number of carbonyl (C=O) groups excluding carboxylic acids is 3. The minimum Gasteiger partial charge on any atom is -0.547 e. The van der Waals surface area contributed by atoms with Gasteiger partial charge in [0.25, 0.3) is 0 Å². The van der Waals surface area contributed by atoms with Crippen molar-refractivity contribution in [1.29, 1.82) is 0 Å². The number of aliphatic carboxylic acids is 2. The molecular weight excluding hydrogens is 481 g/mol. The van der Waals surface area contributed by atoms with Crippen LogP contribution in [0, 0.1) is 0 Å². The van der Waals surface area contributed by atoms with Crippen molar-refractivity contribution in [1.82, 2.24) is 5.32 Å². The molecule has 1 saturated carbocycles. The largest absolute Gasteiger partial charge is 0.547 e. The normalized spacial score (nSPS) is 30.1. The predicted molar refractivity (Wildman–Crippen MR) is 63.3 cm³/mol. The van der Waals surface area contributed by atoms with E-state index in [-0.39, 0.29) is 6.04 Å². The minimum absolute atomic E-state index is 0.211. The van der Waals surface area contributed by atoms with Gasteiger partial charge in [-0.05, 0) is 0 Å². The van der Waals surface area contributed by atoms with Crippen LogP contribution in [0.4, 0.5) is 0 Å². The third-order valence-corrected chi connectivity index (χ3v) is 6.94. The number of carboxylic acids is 2. The number of nitrogens with two attached hydrogens (primary N) is 2. The van der Waals surface area contributed by atoms with Crippen LogP contribution in [-0.2, 0) is 32.5 Å². The Kier molecular flexibility index (Phi) is 6.05. The fraction of sp³-hybridized carbons (Fsp3) is 0.727. The van der Waals surface area contributed by atoms with Gasteiger partial charge in [-0.1, -0.05) is 0 Å². The first-order valence-corrected chi connectivity index (χ1v) is 9.51. The first-order chi connectivity index (χ1) is 10.1. The average Bonchev–Trinajstić information content (AvgIpc) is 2.38. The standard InChI is InChI=1S/C6H13N2.C5H5NO5.2H2O.Pt/c7-5-3-1-2-4-6(5)8;7-2-1-5(6-2,3(8)9)4(10)11;;;/h5H,1-4,7-8H2;1H2,(H,6,7)(H,8,9)(H,10,11);2*1H2;/q;;;;+4/p-4/t5-;;;;/m1..../s1. The molecule has 2 fully saturated rings. The Morgan fingerprint density at radius 1 is 1.27 bits per heavy atom. The number of hydrogen-bond donors (Lipinski definition) is 5. The Hall–Kier alpha value is -1.06. The molecule has 0 aromatic carbocycles. The summed E-state index contributed by atoms with van der Waals surface area (Å²) in [5.74, 6) is -4.34. The second kappa shape index (κ2) is 7.01. The summed E-state index contributed by atoms with van der Waals surface area (Å²) in [5.41, 5.74) is 9.20. The van der Waals surface area contributed by atoms with E-state index in [0.29, 0.717) is 6.42 Å². The molecule has 1 amide bonds. The van der Waals surface area contributed by atoms with Gasteiger partial charge >= 0.3 is 72.7 Å². The van der Waals surface area contributed by atoms with Crippen LogP contribution >= 0.6 is 0 Å². The van der Waals surface area contributed by atoms with Gasteiger partial charge in [-0.2, -0.15) is 0 Å². The molecule has 7 N–H and O–H groups in total. The molecule has 0 unspecified atom stereocenters. The summed E-state index contributed by atoms with van der Waals surface area (Å²) in [7, 11) is 0. The monoisotopic (exact) mass is 499 g/mol. The summed E-state index contributed by atoms with van der Waals surface area (Å²) in [4.78, 5) is 30.5. The van der Waals surface area contributed by atoms with E-state index < -0.39 is 51.8 Å². The molecule has 0 radical (unpaired) electrons. The number of carbonyl (C=O) groups is 3. The van der Waals surface area contributed by atoms with E-state index in [9.17, 15) is 24.6 Å². The van der Waals surface area contributed by atoms with Crippen molar-refractivity contribution in [2.75, 3.05) is 0 Å². The molecule has 1 heterocycles. The second-order valence-electron chi connectivity index (χ2n) is 5.13. The van der Waals surface area contributed by atoms with Crippen LogP contribution in [0.1, 0.15) is 32.1 Å². The molecule has 0 aromatic rings. The van der Waals surface area contributed by atoms with Gasteiger partial charge in [-0.3, -0.25) is 4.79 Å². The Bertz CT molecular complexity index is 449. The van der Waals surface area contributed by atoms with E-state index in [1.807, 2.05) is 0 Å². The molecule has 2 rings (SSSR count). The SMILES string of the molecule is N[C@@H]1CCCC[C@]1(N)[Pt+2]([OH])[OH].O=C1CC(C(=O)[O-])(C(=O)[O-])N1. The molecule has 1 aliphatic carbocycles. The molecule has 0 bridgehead atoms. The van der Waals surface area contributed by atoms with Gasteiger partial charge in [0.2, 0.25) is 5.91 Å². The Labute approximate surface area is 132 Å². The molecule has 22 heavy (non-hydrogen) atoms. The van der Waals surface area contributed by atoms with E-state index >= 15 is 0 Å². The van der Waals surface area contributed by atoms with E-state index in [4.69, 9.17) is 19.0 Å². The van der Waals surface area contributed by atoms with E-state index in [0.717, 1.165) is 19.3 Å². The van der Waals surface area contributed by atoms with Crippen molar-refractivity contribution < 1.29 is 50.2 Å². The van der Waals surface area contributed by atoms with E-state index in [2.05, 4.69) is 0 Å². The van der Waals surface area contributed by atoms with Crippen molar-refractivity contribution >= 4 is 17.8 Å². The molecule has 0 spiro atoms. The number of nitrogens with one attached hydrogen (secondary N) is 1. The van der Waals surface area contributed by atoms with Crippen LogP contribution in [-0.4, -0.2) is 40.9 Å². The van der Waals surface area contributed by atoms with E-state index in [1.54, 1.807) is 5.32 Å². The van der Waals surface area contributed by atoms with Gasteiger partial charge in [0.15, 0.2) is 0 Å². The summed E-state index contributed by atoms with van der Waals surface area (Å²) < 4.78 is 17.4. The smallest absolute Gasteiger partial charge is 0.224 e. The van der Waals surface area contributed by atoms with Crippen LogP contribution in [0.25, 0.3) is 0 Å². The molecule has 0 aromatic heterocycles. The number of rotatable bonds is 3. The zero-order chi connectivity index (χ0) is 17.1. The topological polar surface area (TPSA) is 202 Å². The van der Waals surface area contributed by atoms with Gasteiger partial charge in [0.05, 0.1) is 18.4 Å². The fourth-order valence-electron chi connectivity index (χ4n) is 2.13. The number of carboxylic acid groups (broad SMARTS) is 2. The first kappa shape index (κ1) is 19.0. The second-order valence-corrected chi connectivity index (χ2v) is 8.72. The molecule has 2 atom stereocenters. The fourth-order valence-corrected chi connectivity index (χ4v) is 4.12. The number of hydrogen-bond acceptors (Lipinski definition) is 9. The van der Waals surface area contributed by atoms with E-state index in [1.165, 1.54) is 0 Å². The van der Waals surface area contributed by atoms with Crippen LogP contribution in [0.15, 0.2) is 0 Å². The van der Waals surface area contributed by atoms with Crippen molar-refractivity contribution in [2.45, 2.75) is 47.6 Å². The zero-order valence-corrected chi connectivity index (χ0v) is 13.8. The van der Waals surface area contributed by atoms with Gasteiger partial charge in [-0.15, -0.1) is 0 Å². The van der Waals surface area contributed by atoms with Crippen LogP contribution in [0.2, 0.25) is 0 Å². The Morgan fingerprint density at radius 2 is 1.77 bits per heavy atom. The van der Waals surface area contributed by atoms with Gasteiger partial charge < -0.3 is 25.1 Å². The quantitative estimate of drug-likeness (QED) is 0.186. The maximum Gasteiger partial charge on any atom is 0.224 e. The molecular formula is C11H18N3O7Pt. The third kappa shape index (κ3) is 3.64. The molecule has 1 aliphatic heterocycles. The summed E-state index contributed by atoms with van der Waals surface area (Å²) >= 11 is -2.94. The summed E-state index contributed by atoms with van der Waals surface area (Å²) in [6.07, 6.45) is 2.92. The molecule has 129 valence electrons. The van der Waals surface area contributed by atoms with Crippen LogP contribution in [0.3, 0.4) is 0 Å². The maximum atomic E-state index is 10.2. The van der Waals surface area contributed by atoms with Crippen molar-refractivity contribution in [3.05, 3.63) is 0 Å². The average molecular weight is 499 g/mol. The summed E-state index contributed by atoms with van der Waals surface area (Å²) in [6, 6.07) is -0.211. The zero-order valence-electron chi connectivity index (χ0n) is 11.5. The van der Waals surface area contributed by atoms with Crippen LogP contribution in [0.5, 0.6) is 0 Å². The van der Waals surface area contributed by atoms with Gasteiger partial charge in [0, 0.05) is 0 Å². The number of amides is 1. The van der Waals surface area contributed by atoms with Gasteiger partial charge in [0.1, 0.15) is 5.54 Å². The third-order valence-electron chi connectivity index (χ3n) is 3.64. The Morgan fingerprint density at radius 3 is 2.00 bits per heavy atom. The summed E-state index contributed by atoms with van der Waals surface area (Å²) in [6.45, 7) is 0. The molecule has 2 aliphatic rings. The minimum atomic E-state index is -2.94. The molecule has 11 heteroatoms. The summed E-state index contributed by atoms with van der Waals surface area (Å²) in [5, 5.41) is 22.0. The van der Waals surface area contributed by atoms with Crippen molar-refractivity contribution in [3.63, 3.8) is 0 Å². The molecule has 10 nitrogen and oxygen atoms in total. The van der Waals surface area contributed by atoms with Gasteiger partial charge in [-0.25, -0.2) is 0 Å². The molecule has 1 saturated heterocycles. The van der Waals surface area contributed by atoms with Crippen LogP contribution < -0.4 is 27.0 Å². The maximum absolute atomic E-state index is 10.2. The predicted octanol–water partition coefficient (Wildman–Crippen LogP) is -5.28. The number of β-lactam (4-membered cyclic amide) rings is 1. The van der Waals surface area contributed by atoms with Crippen molar-refractivity contribution in [3.8, 4) is 0 Å². The first-order valence-electron chi connectivity index (χ1n) is 6.34.